The summed E-state index contributed by atoms with van der Waals surface area (Å²) in [5.74, 6) is 18.1. The largest absolute Gasteiger partial charge is 0.417 e. The molecule has 5 aromatic carbocycles. The topological polar surface area (TPSA) is 118 Å². The van der Waals surface area contributed by atoms with Crippen LogP contribution in [-0.4, -0.2) is 80.1 Å². The van der Waals surface area contributed by atoms with E-state index in [1.54, 1.807) is 13.8 Å². The molecule has 12 atom stereocenters. The minimum Gasteiger partial charge on any atom is -0.417 e. The quantitative estimate of drug-likeness (QED) is 0.0169. The first-order valence-corrected chi connectivity index (χ1v) is 37.0. The maximum atomic E-state index is 9.65. The van der Waals surface area contributed by atoms with Gasteiger partial charge in [0, 0.05) is 39.0 Å². The number of rotatable bonds is 28. The van der Waals surface area contributed by atoms with Crippen molar-refractivity contribution in [2.24, 2.45) is 53.3 Å². The summed E-state index contributed by atoms with van der Waals surface area (Å²) in [7, 11) is -1.66. The molecule has 0 saturated heterocycles. The third kappa shape index (κ3) is 33.9. The molecule has 0 amide bonds. The maximum absolute atomic E-state index is 9.65. The van der Waals surface area contributed by atoms with E-state index < -0.39 is 8.32 Å². The molecule has 0 radical (unpaired) electrons. The summed E-state index contributed by atoms with van der Waals surface area (Å²) < 4.78 is 24.2. The summed E-state index contributed by atoms with van der Waals surface area (Å²) in [5, 5.41) is 38.0. The van der Waals surface area contributed by atoms with Crippen LogP contribution in [0.2, 0.25) is 18.1 Å². The van der Waals surface area contributed by atoms with Crippen LogP contribution in [0.3, 0.4) is 0 Å². The van der Waals surface area contributed by atoms with Crippen molar-refractivity contribution in [1.82, 2.24) is 0 Å². The molecule has 3 aliphatic rings. The average molecular weight is 1350 g/mol. The molecule has 0 spiro atoms. The summed E-state index contributed by atoms with van der Waals surface area (Å²) >= 11 is 0. The van der Waals surface area contributed by atoms with Crippen LogP contribution < -0.4 is 0 Å². The van der Waals surface area contributed by atoms with Gasteiger partial charge < -0.3 is 39.1 Å². The Hall–Kier alpha value is -7.40. The van der Waals surface area contributed by atoms with Crippen LogP contribution in [0.15, 0.2) is 251 Å². The summed E-state index contributed by atoms with van der Waals surface area (Å²) in [6.07, 6.45) is 29.3. The lowest BCUT2D eigenvalue weighted by Gasteiger charge is -2.36. The standard InChI is InChI=1S/C27H28O2.C19H36O3Si.C12H20O2.C12H14O.C9H10.C8H6.2CH4/c1-2-26(28-21-24-15-8-4-9-16-24)27(29-22-25-17-10-5-11-18-25)20-12-19-23-13-6-3-7-14-23;1-7-15-12-16(18(14-21)17(15)13-20)10-8-9-11-22-23(5,6)19(2,3)4;1-3-5-10-6-9(4-2)11(7-13)12(10)8-14;1-10-7-8-12(10)13-9-11-5-3-2-4-6-11;1-2-6-9-7-4-3-5-8-9;1-3-5-7-8-6-4-2;;/h2-18,20,26-27H,1,19,21-22H2;7-8,10,15-18,20-21H,1,9,11-14H2,2-6H3;3-5,9-14H,2,6-8H2,1H3;2-8,10,12H,9H2,1H3;2-5,7-8H,1,6H2;1-2H3;2*1H4/b20-12-;10-8-;5-3-;;;;;/t26-,27+;15-,16+,17+,18-;9-,10+,11+,12-;10-,12+;;;;/m0110..../s1. The van der Waals surface area contributed by atoms with Crippen LogP contribution in [0.5, 0.6) is 0 Å². The molecule has 3 aliphatic carbocycles. The van der Waals surface area contributed by atoms with E-state index in [1.165, 1.54) is 16.7 Å². The van der Waals surface area contributed by atoms with E-state index in [-0.39, 0.29) is 82.2 Å². The fourth-order valence-corrected chi connectivity index (χ4v) is 12.3. The second-order valence-electron chi connectivity index (χ2n) is 25.7. The van der Waals surface area contributed by atoms with Gasteiger partial charge in [-0.2, -0.15) is 0 Å². The van der Waals surface area contributed by atoms with Gasteiger partial charge in [-0.25, -0.2) is 0 Å². The highest BCUT2D eigenvalue weighted by atomic mass is 28.4. The van der Waals surface area contributed by atoms with Gasteiger partial charge >= 0.3 is 0 Å². The Morgan fingerprint density at radius 3 is 1.28 bits per heavy atom. The number of ether oxygens (including phenoxy) is 3. The van der Waals surface area contributed by atoms with Crippen molar-refractivity contribution in [3.05, 3.63) is 279 Å². The molecule has 0 aromatic heterocycles. The summed E-state index contributed by atoms with van der Waals surface area (Å²) in [6.45, 7) is 37.4. The van der Waals surface area contributed by atoms with E-state index in [2.05, 4.69) is 218 Å². The van der Waals surface area contributed by atoms with Crippen molar-refractivity contribution >= 4 is 8.32 Å². The third-order valence-electron chi connectivity index (χ3n) is 17.9. The molecule has 8 nitrogen and oxygen atoms in total. The van der Waals surface area contributed by atoms with Crippen molar-refractivity contribution in [2.75, 3.05) is 33.0 Å². The number of hydrogen-bond acceptors (Lipinski definition) is 8. The predicted molar refractivity (Wildman–Crippen MR) is 419 cm³/mol. The van der Waals surface area contributed by atoms with Gasteiger partial charge in [-0.15, -0.1) is 26.3 Å². The van der Waals surface area contributed by atoms with Crippen molar-refractivity contribution in [2.45, 2.75) is 152 Å². The Morgan fingerprint density at radius 2 is 0.918 bits per heavy atom. The zero-order valence-electron chi connectivity index (χ0n) is 59.2. The van der Waals surface area contributed by atoms with Gasteiger partial charge in [0.25, 0.3) is 0 Å². The SMILES string of the molecule is C.C.C=CCc1ccccc1.C=C[C@@H]1C[C@H](/C=C\C)[C@@H](CO)[C@H]1CO.C=C[C@@H]1C[C@H](/C=C\CCO[Si](C)(C)C(C)(C)C)[C@@H](CO)[C@H]1CO.C=C[C@H](OCc1ccccc1)[C@@H](/C=C\Cc1ccccc1)OCc1ccccc1.CC#CC#CC#CC.C[C@H]1C=C[C@H]1OCc1ccccc1. The van der Waals surface area contributed by atoms with Crippen molar-refractivity contribution < 1.29 is 39.1 Å². The lowest BCUT2D eigenvalue weighted by Crippen LogP contribution is -2.40. The molecule has 0 heterocycles. The Bertz CT molecular complexity index is 3180. The van der Waals surface area contributed by atoms with E-state index in [0.717, 1.165) is 56.4 Å². The summed E-state index contributed by atoms with van der Waals surface area (Å²) in [5.41, 5.74) is 6.11. The fourth-order valence-electron chi connectivity index (χ4n) is 11.2. The van der Waals surface area contributed by atoms with E-state index in [4.69, 9.17) is 18.6 Å². The van der Waals surface area contributed by atoms with Crippen LogP contribution in [-0.2, 0) is 51.3 Å². The second kappa shape index (κ2) is 52.6. The minimum absolute atomic E-state index is 0. The van der Waals surface area contributed by atoms with Gasteiger partial charge in [0.15, 0.2) is 8.32 Å². The normalized spacial score (nSPS) is 20.7. The average Bonchev–Trinajstić information content (AvgIpc) is 1.78. The molecule has 2 saturated carbocycles. The zero-order valence-corrected chi connectivity index (χ0v) is 60.2. The zero-order chi connectivity index (χ0) is 70.2. The van der Waals surface area contributed by atoms with Crippen LogP contribution in [0, 0.1) is 88.8 Å². The molecule has 530 valence electrons. The molecule has 5 aromatic rings. The molecule has 9 heteroatoms. The molecule has 0 bridgehead atoms. The van der Waals surface area contributed by atoms with Crippen LogP contribution in [0.1, 0.15) is 110 Å². The van der Waals surface area contributed by atoms with Gasteiger partial charge in [0.2, 0.25) is 0 Å². The predicted octanol–water partition coefficient (Wildman–Crippen LogP) is 19.2. The van der Waals surface area contributed by atoms with Crippen LogP contribution in [0.4, 0.5) is 0 Å². The summed E-state index contributed by atoms with van der Waals surface area (Å²) in [4.78, 5) is 0. The van der Waals surface area contributed by atoms with Gasteiger partial charge in [-0.3, -0.25) is 0 Å². The fraction of sp³-hybridized carbons (Fsp3) is 0.416. The number of aliphatic hydroxyl groups excluding tert-OH is 4. The molecule has 4 N–H and O–H groups in total. The first kappa shape index (κ1) is 88.6. The highest BCUT2D eigenvalue weighted by molar-refractivity contribution is 6.74. The second-order valence-corrected chi connectivity index (χ2v) is 30.5. The highest BCUT2D eigenvalue weighted by Gasteiger charge is 2.41. The van der Waals surface area contributed by atoms with Gasteiger partial charge in [-0.05, 0) is 170 Å². The molecule has 0 unspecified atom stereocenters. The molecular weight excluding hydrogens is 1230 g/mol. The number of benzene rings is 5. The van der Waals surface area contributed by atoms with Crippen molar-refractivity contribution in [3.63, 3.8) is 0 Å². The van der Waals surface area contributed by atoms with E-state index >= 15 is 0 Å². The smallest absolute Gasteiger partial charge is 0.191 e. The van der Waals surface area contributed by atoms with Crippen LogP contribution in [0.25, 0.3) is 0 Å². The molecule has 2 fully saturated rings. The third-order valence-corrected chi connectivity index (χ3v) is 22.5. The Morgan fingerprint density at radius 1 is 0.520 bits per heavy atom. The first-order valence-electron chi connectivity index (χ1n) is 34.1. The van der Waals surface area contributed by atoms with E-state index in [1.807, 2.05) is 116 Å². The van der Waals surface area contributed by atoms with Crippen molar-refractivity contribution in [1.29, 1.82) is 0 Å². The minimum atomic E-state index is -1.66. The first-order chi connectivity index (χ1) is 46.5. The van der Waals surface area contributed by atoms with Crippen LogP contribution >= 0.6 is 0 Å². The lowest BCUT2D eigenvalue weighted by molar-refractivity contribution is -0.0420. The van der Waals surface area contributed by atoms with Gasteiger partial charge in [0.05, 0.1) is 25.9 Å². The Labute approximate surface area is 596 Å². The van der Waals surface area contributed by atoms with Gasteiger partial charge in [0.1, 0.15) is 12.2 Å². The Kier molecular flexibility index (Phi) is 47.6. The monoisotopic (exact) mass is 1350 g/mol. The number of aliphatic hydroxyl groups is 4. The lowest BCUT2D eigenvalue weighted by atomic mass is 9.88. The molecule has 98 heavy (non-hydrogen) atoms. The molecular formula is C89H122O8Si. The van der Waals surface area contributed by atoms with Gasteiger partial charge in [-0.1, -0.05) is 279 Å². The Balaban J connectivity index is 0.000000620. The number of allylic oxidation sites excluding steroid dienone is 7. The van der Waals surface area contributed by atoms with E-state index in [0.29, 0.717) is 48.9 Å². The van der Waals surface area contributed by atoms with Crippen molar-refractivity contribution in [3.8, 4) is 35.5 Å². The van der Waals surface area contributed by atoms with E-state index in [9.17, 15) is 20.4 Å². The molecule has 0 aliphatic heterocycles. The number of hydrogen-bond donors (Lipinski definition) is 4. The maximum Gasteiger partial charge on any atom is 0.191 e. The summed E-state index contributed by atoms with van der Waals surface area (Å²) in [6, 6.07) is 51.3. The molecule has 8 rings (SSSR count). The highest BCUT2D eigenvalue weighted by Crippen LogP contribution is 2.44.